The molecule has 15 heteroatoms. The van der Waals surface area contributed by atoms with Crippen LogP contribution in [0.5, 0.6) is 11.5 Å². The van der Waals surface area contributed by atoms with Crippen molar-refractivity contribution in [2.45, 2.75) is 32.7 Å². The summed E-state index contributed by atoms with van der Waals surface area (Å²) >= 11 is 3.61. The molecule has 44 heavy (non-hydrogen) atoms. The van der Waals surface area contributed by atoms with Crippen molar-refractivity contribution in [2.24, 2.45) is 0 Å². The quantitative estimate of drug-likeness (QED) is 0.155. The van der Waals surface area contributed by atoms with Crippen molar-refractivity contribution in [3.8, 4) is 11.5 Å². The average molecular weight is 687 g/mol. The van der Waals surface area contributed by atoms with Gasteiger partial charge in [0.25, 0.3) is 11.8 Å². The maximum Gasteiger partial charge on any atom is 0.351 e. The van der Waals surface area contributed by atoms with Gasteiger partial charge in [-0.05, 0) is 11.1 Å². The summed E-state index contributed by atoms with van der Waals surface area (Å²) in [5, 5.41) is 25.3. The van der Waals surface area contributed by atoms with Crippen molar-refractivity contribution in [3.05, 3.63) is 90.7 Å². The van der Waals surface area contributed by atoms with E-state index in [4.69, 9.17) is 0 Å². The lowest BCUT2D eigenvalue weighted by atomic mass is 10.2. The molecule has 0 aromatic heterocycles. The number of methoxy groups -OCH3 is 1. The van der Waals surface area contributed by atoms with E-state index in [0.29, 0.717) is 4.24 Å². The third-order valence-corrected chi connectivity index (χ3v) is 13.3. The number of benzene rings is 3. The first-order valence-electron chi connectivity index (χ1n) is 12.8. The average Bonchev–Trinajstić information content (AvgIpc) is 3.69. The summed E-state index contributed by atoms with van der Waals surface area (Å²) in [5.74, 6) is -2.59. The third kappa shape index (κ3) is 5.36. The number of phenols is 2. The normalized spacial score (nSPS) is 16.1. The molecule has 6 rings (SSSR count). The molecule has 10 nitrogen and oxygen atoms in total. The van der Waals surface area contributed by atoms with Crippen LogP contribution in [-0.2, 0) is 42.0 Å². The van der Waals surface area contributed by atoms with Gasteiger partial charge in [-0.15, -0.1) is 0 Å². The smallest absolute Gasteiger partial charge is 0.351 e. The predicted molar refractivity (Wildman–Crippen MR) is 168 cm³/mol. The molecule has 0 bridgehead atoms. The zero-order valence-corrected chi connectivity index (χ0v) is 27.0. The Morgan fingerprint density at radius 3 is 1.55 bits per heavy atom. The molecule has 0 atom stereocenters. The van der Waals surface area contributed by atoms with Crippen LogP contribution in [0.15, 0.2) is 99.2 Å². The van der Waals surface area contributed by atoms with Crippen LogP contribution in [0.2, 0.25) is 0 Å². The summed E-state index contributed by atoms with van der Waals surface area (Å²) in [5.41, 5.74) is 1.59. The van der Waals surface area contributed by atoms with Crippen LogP contribution in [0.4, 0.5) is 0 Å². The minimum atomic E-state index is -4.00. The number of sulfone groups is 1. The highest BCUT2D eigenvalue weighted by atomic mass is 32.2. The van der Waals surface area contributed by atoms with E-state index in [2.05, 4.69) is 4.74 Å². The van der Waals surface area contributed by atoms with E-state index in [1.807, 2.05) is 60.7 Å². The number of hydrogen-bond acceptors (Lipinski definition) is 12. The van der Waals surface area contributed by atoms with Gasteiger partial charge in [-0.2, -0.15) is 0 Å². The molecular weight excluding hydrogens is 665 g/mol. The number of rotatable bonds is 6. The van der Waals surface area contributed by atoms with E-state index in [0.717, 1.165) is 71.5 Å². The van der Waals surface area contributed by atoms with Crippen molar-refractivity contribution < 1.29 is 37.8 Å². The van der Waals surface area contributed by atoms with Gasteiger partial charge < -0.3 is 14.9 Å². The number of thioether (sulfide) groups is 4. The summed E-state index contributed by atoms with van der Waals surface area (Å²) in [6.45, 7) is 0.320. The number of esters is 1. The lowest BCUT2D eigenvalue weighted by Crippen LogP contribution is -2.39. The summed E-state index contributed by atoms with van der Waals surface area (Å²) in [4.78, 5) is 40.2. The number of phenolic OH excluding ortho intramolecular Hbond substituents is 2. The maximum atomic E-state index is 13.9. The molecule has 226 valence electrons. The van der Waals surface area contributed by atoms with Gasteiger partial charge in [0.05, 0.1) is 48.3 Å². The zero-order chi connectivity index (χ0) is 31.3. The number of ether oxygens (including phenoxy) is 1. The SMILES string of the molecule is COC(=O)C(=C1Sc2c(O)c3c(c(O)c2S1)SC(=C1C(=O)N(Cc2ccccc2)N(Cc2ccccc2)C1=O)S3)S(C)(=O)=O. The van der Waals surface area contributed by atoms with Crippen molar-refractivity contribution in [1.82, 2.24) is 10.0 Å². The second-order valence-electron chi connectivity index (χ2n) is 9.66. The van der Waals surface area contributed by atoms with Gasteiger partial charge in [0.1, 0.15) is 17.1 Å². The van der Waals surface area contributed by atoms with E-state index >= 15 is 0 Å². The predicted octanol–water partition coefficient (Wildman–Crippen LogP) is 5.08. The van der Waals surface area contributed by atoms with Crippen molar-refractivity contribution in [3.63, 3.8) is 0 Å². The molecule has 3 aromatic carbocycles. The van der Waals surface area contributed by atoms with Crippen LogP contribution in [0.1, 0.15) is 11.1 Å². The van der Waals surface area contributed by atoms with Crippen molar-refractivity contribution in [1.29, 1.82) is 0 Å². The minimum absolute atomic E-state index is 0.0338. The number of amides is 2. The molecule has 0 spiro atoms. The highest BCUT2D eigenvalue weighted by molar-refractivity contribution is 8.26. The summed E-state index contributed by atoms with van der Waals surface area (Å²) in [6, 6.07) is 18.6. The molecule has 0 saturated carbocycles. The fourth-order valence-corrected chi connectivity index (χ4v) is 11.7. The molecule has 0 aliphatic carbocycles. The molecule has 2 amide bonds. The van der Waals surface area contributed by atoms with Crippen molar-refractivity contribution >= 4 is 74.7 Å². The molecule has 2 N–H and O–H groups in total. The Hall–Kier alpha value is -3.50. The van der Waals surface area contributed by atoms with Crippen LogP contribution < -0.4 is 0 Å². The molecular formula is C29H22N2O8S5. The lowest BCUT2D eigenvalue weighted by molar-refractivity contribution is -0.149. The molecule has 0 unspecified atom stereocenters. The van der Waals surface area contributed by atoms with Gasteiger partial charge in [-0.3, -0.25) is 9.59 Å². The van der Waals surface area contributed by atoms with E-state index in [9.17, 15) is 33.0 Å². The summed E-state index contributed by atoms with van der Waals surface area (Å²) < 4.78 is 29.8. The first-order valence-corrected chi connectivity index (χ1v) is 18.0. The Balaban J connectivity index is 1.38. The Morgan fingerprint density at radius 2 is 1.16 bits per heavy atom. The number of nitrogens with zero attached hydrogens (tertiary/aromatic N) is 2. The number of aromatic hydroxyl groups is 2. The van der Waals surface area contributed by atoms with Crippen LogP contribution in [0.25, 0.3) is 0 Å². The number of hydrogen-bond donors (Lipinski definition) is 2. The first kappa shape index (κ1) is 30.5. The molecule has 1 saturated heterocycles. The summed E-state index contributed by atoms with van der Waals surface area (Å²) in [6.07, 6.45) is 0.873. The van der Waals surface area contributed by atoms with Gasteiger partial charge in [-0.25, -0.2) is 23.2 Å². The van der Waals surface area contributed by atoms with Gasteiger partial charge in [0.2, 0.25) is 0 Å². The number of carbonyl (C=O) groups excluding carboxylic acids is 3. The van der Waals surface area contributed by atoms with Gasteiger partial charge in [0.15, 0.2) is 14.7 Å². The van der Waals surface area contributed by atoms with Crippen LogP contribution in [0.3, 0.4) is 0 Å². The highest BCUT2D eigenvalue weighted by Crippen LogP contribution is 2.68. The largest absolute Gasteiger partial charge is 0.505 e. The monoisotopic (exact) mass is 686 g/mol. The minimum Gasteiger partial charge on any atom is -0.505 e. The Bertz CT molecular complexity index is 1800. The molecule has 3 aliphatic rings. The molecule has 0 radical (unpaired) electrons. The fraction of sp³-hybridized carbons (Fsp3) is 0.138. The zero-order valence-electron chi connectivity index (χ0n) is 23.0. The Morgan fingerprint density at radius 1 is 0.750 bits per heavy atom. The van der Waals surface area contributed by atoms with Crippen LogP contribution >= 0.6 is 47.0 Å². The topological polar surface area (TPSA) is 142 Å². The van der Waals surface area contributed by atoms with Crippen molar-refractivity contribution in [2.75, 3.05) is 13.4 Å². The summed E-state index contributed by atoms with van der Waals surface area (Å²) in [7, 11) is -2.94. The fourth-order valence-electron chi connectivity index (χ4n) is 4.67. The standard InChI is InChI=1S/C29H22N2O8S5/c1-39-27(36)24(44(2,37)38)29-42-22-18(32)20-21(19(33)23(22)43-29)41-28(40-20)17-25(34)30(13-15-9-5-3-6-10-15)31(26(17)35)14-16-11-7-4-8-12-16/h3-12,32-33H,13-14H2,1-2H3. The van der Waals surface area contributed by atoms with Gasteiger partial charge in [-0.1, -0.05) is 108 Å². The second-order valence-corrected chi connectivity index (χ2v) is 16.2. The number of carbonyl (C=O) groups is 3. The molecule has 3 heterocycles. The molecule has 3 aromatic rings. The Labute approximate surface area is 269 Å². The lowest BCUT2D eigenvalue weighted by Gasteiger charge is -2.27. The van der Waals surface area contributed by atoms with Crippen LogP contribution in [0, 0.1) is 0 Å². The van der Waals surface area contributed by atoms with Crippen LogP contribution in [-0.4, -0.2) is 59.8 Å². The molecule has 1 fully saturated rings. The second kappa shape index (κ2) is 11.8. The molecule has 3 aliphatic heterocycles. The van der Waals surface area contributed by atoms with Gasteiger partial charge >= 0.3 is 5.97 Å². The van der Waals surface area contributed by atoms with E-state index in [-0.39, 0.29) is 54.0 Å². The Kier molecular flexibility index (Phi) is 8.17. The third-order valence-electron chi connectivity index (χ3n) is 6.72. The maximum absolute atomic E-state index is 13.9. The van der Waals surface area contributed by atoms with Gasteiger partial charge in [0, 0.05) is 6.26 Å². The number of hydrazine groups is 1. The van der Waals surface area contributed by atoms with E-state index in [1.54, 1.807) is 0 Å². The highest BCUT2D eigenvalue weighted by Gasteiger charge is 2.46. The van der Waals surface area contributed by atoms with E-state index in [1.165, 1.54) is 10.0 Å². The first-order chi connectivity index (χ1) is 21.0. The number of fused-ring (bicyclic) bond motifs is 2. The van der Waals surface area contributed by atoms with E-state index < -0.39 is 32.5 Å².